The van der Waals surface area contributed by atoms with Crippen molar-refractivity contribution in [1.82, 2.24) is 20.4 Å². The summed E-state index contributed by atoms with van der Waals surface area (Å²) in [7, 11) is 0. The van der Waals surface area contributed by atoms with Crippen molar-refractivity contribution in [2.45, 2.75) is 38.6 Å². The van der Waals surface area contributed by atoms with Crippen LogP contribution in [-0.4, -0.2) is 40.3 Å². The Hall–Kier alpha value is -1.89. The van der Waals surface area contributed by atoms with Gasteiger partial charge in [0, 0.05) is 19.1 Å². The first-order valence-corrected chi connectivity index (χ1v) is 8.44. The van der Waals surface area contributed by atoms with Crippen LogP contribution in [0.1, 0.15) is 38.5 Å². The molecule has 7 heteroatoms. The predicted molar refractivity (Wildman–Crippen MR) is 84.8 cm³/mol. The van der Waals surface area contributed by atoms with Crippen molar-refractivity contribution in [1.29, 1.82) is 0 Å². The monoisotopic (exact) mass is 320 g/mol. The number of aromatic nitrogens is 2. The molecule has 2 aromatic rings. The first-order chi connectivity index (χ1) is 10.6. The Balaban J connectivity index is 1.68. The van der Waals surface area contributed by atoms with E-state index in [-0.39, 0.29) is 18.0 Å². The third-order valence-corrected chi connectivity index (χ3v) is 4.50. The molecule has 0 aromatic carbocycles. The minimum Gasteiger partial charge on any atom is -0.420 e. The topological polar surface area (TPSA) is 71.3 Å². The van der Waals surface area contributed by atoms with E-state index in [2.05, 4.69) is 15.5 Å². The summed E-state index contributed by atoms with van der Waals surface area (Å²) in [5.74, 6) is 1.31. The maximum absolute atomic E-state index is 12.1. The maximum Gasteiger partial charge on any atom is 0.317 e. The number of rotatable bonds is 3. The lowest BCUT2D eigenvalue weighted by Gasteiger charge is -2.31. The average molecular weight is 320 g/mol. The molecule has 0 saturated carbocycles. The fourth-order valence-corrected chi connectivity index (χ4v) is 3.24. The minimum atomic E-state index is -0.0160. The molecule has 6 nitrogen and oxygen atoms in total. The van der Waals surface area contributed by atoms with Gasteiger partial charge in [0.1, 0.15) is 0 Å². The molecule has 0 bridgehead atoms. The van der Waals surface area contributed by atoms with E-state index in [1.165, 1.54) is 0 Å². The van der Waals surface area contributed by atoms with Gasteiger partial charge in [-0.1, -0.05) is 6.07 Å². The zero-order chi connectivity index (χ0) is 15.5. The standard InChI is InChI=1S/C15H20N4O2S/c1-10(2)16-15(20)19-7-3-5-11(9-19)13-17-18-14(21-13)12-6-4-8-22-12/h4,6,8,10-11H,3,5,7,9H2,1-2H3,(H,16,20)/t11-/m1/s1. The average Bonchev–Trinajstić information content (AvgIpc) is 3.18. The molecule has 1 N–H and O–H groups in total. The SMILES string of the molecule is CC(C)NC(=O)N1CCC[C@@H](c2nnc(-c3cccs3)o2)C1. The number of thiophene rings is 1. The van der Waals surface area contributed by atoms with Crippen molar-refractivity contribution in [3.63, 3.8) is 0 Å². The summed E-state index contributed by atoms with van der Waals surface area (Å²) in [5.41, 5.74) is 0. The first-order valence-electron chi connectivity index (χ1n) is 7.56. The number of carbonyl (C=O) groups is 1. The van der Waals surface area contributed by atoms with Gasteiger partial charge in [0.05, 0.1) is 10.8 Å². The van der Waals surface area contributed by atoms with Gasteiger partial charge in [0.15, 0.2) is 0 Å². The van der Waals surface area contributed by atoms with E-state index in [0.717, 1.165) is 24.3 Å². The van der Waals surface area contributed by atoms with Gasteiger partial charge in [-0.25, -0.2) is 4.79 Å². The third kappa shape index (κ3) is 3.30. The summed E-state index contributed by atoms with van der Waals surface area (Å²) < 4.78 is 5.81. The summed E-state index contributed by atoms with van der Waals surface area (Å²) >= 11 is 1.58. The lowest BCUT2D eigenvalue weighted by Crippen LogP contribution is -2.47. The van der Waals surface area contributed by atoms with Gasteiger partial charge < -0.3 is 14.6 Å². The van der Waals surface area contributed by atoms with Crippen LogP contribution in [0.25, 0.3) is 10.8 Å². The molecule has 1 saturated heterocycles. The molecule has 0 unspecified atom stereocenters. The molecule has 2 aromatic heterocycles. The second kappa shape index (κ2) is 6.48. The van der Waals surface area contributed by atoms with Crippen molar-refractivity contribution in [3.05, 3.63) is 23.4 Å². The highest BCUT2D eigenvalue weighted by atomic mass is 32.1. The van der Waals surface area contributed by atoms with E-state index >= 15 is 0 Å². The second-order valence-electron chi connectivity index (χ2n) is 5.81. The van der Waals surface area contributed by atoms with Crippen molar-refractivity contribution >= 4 is 17.4 Å². The highest BCUT2D eigenvalue weighted by Crippen LogP contribution is 2.29. The highest BCUT2D eigenvalue weighted by molar-refractivity contribution is 7.13. The number of amides is 2. The molecule has 2 amide bonds. The summed E-state index contributed by atoms with van der Waals surface area (Å²) in [6, 6.07) is 4.05. The molecule has 3 heterocycles. The number of hydrogen-bond acceptors (Lipinski definition) is 5. The third-order valence-electron chi connectivity index (χ3n) is 3.64. The molecule has 118 valence electrons. The zero-order valence-electron chi connectivity index (χ0n) is 12.8. The van der Waals surface area contributed by atoms with Crippen molar-refractivity contribution in [3.8, 4) is 10.8 Å². The molecule has 1 atom stereocenters. The van der Waals surface area contributed by atoms with Gasteiger partial charge in [-0.3, -0.25) is 0 Å². The number of nitrogens with one attached hydrogen (secondary N) is 1. The molecule has 1 fully saturated rings. The van der Waals surface area contributed by atoms with Gasteiger partial charge in [0.25, 0.3) is 5.89 Å². The van der Waals surface area contributed by atoms with Crippen LogP contribution in [-0.2, 0) is 0 Å². The number of hydrogen-bond donors (Lipinski definition) is 1. The smallest absolute Gasteiger partial charge is 0.317 e. The van der Waals surface area contributed by atoms with Crippen LogP contribution in [0.15, 0.2) is 21.9 Å². The molecule has 1 aliphatic heterocycles. The van der Waals surface area contributed by atoms with E-state index < -0.39 is 0 Å². The molecule has 0 spiro atoms. The van der Waals surface area contributed by atoms with Crippen LogP contribution in [0.3, 0.4) is 0 Å². The molecular weight excluding hydrogens is 300 g/mol. The van der Waals surface area contributed by atoms with Gasteiger partial charge in [-0.15, -0.1) is 21.5 Å². The lowest BCUT2D eigenvalue weighted by molar-refractivity contribution is 0.172. The van der Waals surface area contributed by atoms with Crippen molar-refractivity contribution < 1.29 is 9.21 Å². The number of carbonyl (C=O) groups excluding carboxylic acids is 1. The first kappa shape index (κ1) is 15.0. The Kier molecular flexibility index (Phi) is 4.42. The summed E-state index contributed by atoms with van der Waals surface area (Å²) in [6.07, 6.45) is 1.92. The summed E-state index contributed by atoms with van der Waals surface area (Å²) in [6.45, 7) is 5.33. The maximum atomic E-state index is 12.1. The van der Waals surface area contributed by atoms with Crippen LogP contribution in [0.2, 0.25) is 0 Å². The van der Waals surface area contributed by atoms with E-state index in [9.17, 15) is 4.79 Å². The zero-order valence-corrected chi connectivity index (χ0v) is 13.6. The molecule has 0 aliphatic carbocycles. The Morgan fingerprint density at radius 3 is 3.09 bits per heavy atom. The van der Waals surface area contributed by atoms with Crippen LogP contribution in [0.4, 0.5) is 4.79 Å². The number of urea groups is 1. The molecule has 22 heavy (non-hydrogen) atoms. The Labute approximate surface area is 133 Å². The minimum absolute atomic E-state index is 0.0160. The van der Waals surface area contributed by atoms with Crippen LogP contribution >= 0.6 is 11.3 Å². The van der Waals surface area contributed by atoms with Gasteiger partial charge >= 0.3 is 6.03 Å². The van der Waals surface area contributed by atoms with Gasteiger partial charge in [-0.2, -0.15) is 0 Å². The largest absolute Gasteiger partial charge is 0.420 e. The number of nitrogens with zero attached hydrogens (tertiary/aromatic N) is 3. The Bertz CT molecular complexity index is 623. The second-order valence-corrected chi connectivity index (χ2v) is 6.76. The predicted octanol–water partition coefficient (Wildman–Crippen LogP) is 3.10. The molecule has 0 radical (unpaired) electrons. The number of piperidine rings is 1. The van der Waals surface area contributed by atoms with E-state index in [1.807, 2.05) is 36.3 Å². The van der Waals surface area contributed by atoms with Crippen molar-refractivity contribution in [2.24, 2.45) is 0 Å². The molecular formula is C15H20N4O2S. The van der Waals surface area contributed by atoms with Gasteiger partial charge in [0.2, 0.25) is 5.89 Å². The summed E-state index contributed by atoms with van der Waals surface area (Å²) in [5, 5.41) is 13.2. The van der Waals surface area contributed by atoms with E-state index in [0.29, 0.717) is 18.3 Å². The van der Waals surface area contributed by atoms with E-state index in [1.54, 1.807) is 11.3 Å². The molecule has 3 rings (SSSR count). The van der Waals surface area contributed by atoms with Crippen LogP contribution < -0.4 is 5.32 Å². The summed E-state index contributed by atoms with van der Waals surface area (Å²) in [4.78, 5) is 14.9. The van der Waals surface area contributed by atoms with Crippen LogP contribution in [0.5, 0.6) is 0 Å². The van der Waals surface area contributed by atoms with Gasteiger partial charge in [-0.05, 0) is 38.1 Å². The fraction of sp³-hybridized carbons (Fsp3) is 0.533. The van der Waals surface area contributed by atoms with Crippen molar-refractivity contribution in [2.75, 3.05) is 13.1 Å². The normalized spacial score (nSPS) is 18.7. The quantitative estimate of drug-likeness (QED) is 0.943. The number of likely N-dealkylation sites (tertiary alicyclic amines) is 1. The Morgan fingerprint density at radius 1 is 1.50 bits per heavy atom. The van der Waals surface area contributed by atoms with E-state index in [4.69, 9.17) is 4.42 Å². The lowest BCUT2D eigenvalue weighted by atomic mass is 9.98. The highest BCUT2D eigenvalue weighted by Gasteiger charge is 2.28. The fourth-order valence-electron chi connectivity index (χ4n) is 2.60. The Morgan fingerprint density at radius 2 is 2.36 bits per heavy atom. The van der Waals surface area contributed by atoms with Crippen LogP contribution in [0, 0.1) is 0 Å². The molecule has 1 aliphatic rings.